The third-order valence-electron chi connectivity index (χ3n) is 4.52. The summed E-state index contributed by atoms with van der Waals surface area (Å²) in [6, 6.07) is 6.96. The Morgan fingerprint density at radius 1 is 1.24 bits per heavy atom. The summed E-state index contributed by atoms with van der Waals surface area (Å²) in [4.78, 5) is 26.7. The number of hydrogen-bond donors (Lipinski definition) is 3. The Hall–Kier alpha value is -3.52. The molecule has 1 heterocycles. The number of carboxylic acid groups (broad SMARTS) is 1. The van der Waals surface area contributed by atoms with E-state index in [1.54, 1.807) is 0 Å². The molecule has 2 amide bonds. The van der Waals surface area contributed by atoms with Crippen LogP contribution in [0.3, 0.4) is 0 Å². The molecule has 178 valence electrons. The van der Waals surface area contributed by atoms with E-state index in [1.807, 2.05) is 0 Å². The van der Waals surface area contributed by atoms with Crippen LogP contribution >= 0.6 is 0 Å². The maximum Gasteiger partial charge on any atom is 0.416 e. The number of carbonyl (C=O) groups is 2. The van der Waals surface area contributed by atoms with Crippen molar-refractivity contribution < 1.29 is 45.9 Å². The fourth-order valence-electron chi connectivity index (χ4n) is 3.17. The lowest BCUT2D eigenvalue weighted by Crippen LogP contribution is -2.45. The SMILES string of the molecule is CONC(=O)C[C@H]1CN(S(=O)(=O)c2cccc(C(F)(F)F)c2)c2cc(NC(=O)O)ccc2O1. The van der Waals surface area contributed by atoms with Gasteiger partial charge in [0.2, 0.25) is 5.91 Å². The largest absolute Gasteiger partial charge is 0.486 e. The molecule has 1 aliphatic heterocycles. The van der Waals surface area contributed by atoms with Gasteiger partial charge in [0.15, 0.2) is 0 Å². The van der Waals surface area contributed by atoms with Gasteiger partial charge in [-0.1, -0.05) is 6.07 Å². The van der Waals surface area contributed by atoms with E-state index >= 15 is 0 Å². The van der Waals surface area contributed by atoms with E-state index in [9.17, 15) is 31.2 Å². The number of fused-ring (bicyclic) bond motifs is 1. The van der Waals surface area contributed by atoms with Gasteiger partial charge in [-0.15, -0.1) is 0 Å². The van der Waals surface area contributed by atoms with Crippen LogP contribution in [0.5, 0.6) is 5.75 Å². The fraction of sp³-hybridized carbons (Fsp3) is 0.263. The zero-order chi connectivity index (χ0) is 24.4. The molecule has 0 aromatic heterocycles. The Labute approximate surface area is 185 Å². The van der Waals surface area contributed by atoms with Crippen molar-refractivity contribution in [3.8, 4) is 5.75 Å². The van der Waals surface area contributed by atoms with Crippen LogP contribution in [0, 0.1) is 0 Å². The number of rotatable bonds is 6. The topological polar surface area (TPSA) is 134 Å². The number of nitrogens with one attached hydrogen (secondary N) is 2. The zero-order valence-corrected chi connectivity index (χ0v) is 17.7. The monoisotopic (exact) mass is 489 g/mol. The van der Waals surface area contributed by atoms with Gasteiger partial charge in [-0.2, -0.15) is 13.2 Å². The average molecular weight is 489 g/mol. The van der Waals surface area contributed by atoms with Crippen molar-refractivity contribution in [1.82, 2.24) is 5.48 Å². The summed E-state index contributed by atoms with van der Waals surface area (Å²) in [5.74, 6) is -0.630. The number of alkyl halides is 3. The minimum absolute atomic E-state index is 0.00432. The van der Waals surface area contributed by atoms with Crippen LogP contribution in [-0.4, -0.2) is 45.3 Å². The molecule has 0 unspecified atom stereocenters. The Morgan fingerprint density at radius 2 is 1.97 bits per heavy atom. The van der Waals surface area contributed by atoms with Crippen molar-refractivity contribution in [3.63, 3.8) is 0 Å². The maximum atomic E-state index is 13.4. The van der Waals surface area contributed by atoms with Gasteiger partial charge in [0.1, 0.15) is 11.9 Å². The lowest BCUT2D eigenvalue weighted by molar-refractivity contribution is -0.137. The summed E-state index contributed by atoms with van der Waals surface area (Å²) in [5, 5.41) is 11.0. The van der Waals surface area contributed by atoms with E-state index in [2.05, 4.69) is 15.6 Å². The molecule has 0 saturated carbocycles. The van der Waals surface area contributed by atoms with E-state index in [0.29, 0.717) is 6.07 Å². The molecule has 0 aliphatic carbocycles. The van der Waals surface area contributed by atoms with E-state index in [4.69, 9.17) is 9.84 Å². The van der Waals surface area contributed by atoms with E-state index in [1.165, 1.54) is 25.3 Å². The lowest BCUT2D eigenvalue weighted by atomic mass is 10.1. The second kappa shape index (κ2) is 9.15. The number of sulfonamides is 1. The van der Waals surface area contributed by atoms with Crippen LogP contribution in [-0.2, 0) is 25.8 Å². The first kappa shape index (κ1) is 24.1. The summed E-state index contributed by atoms with van der Waals surface area (Å²) in [7, 11) is -3.36. The third kappa shape index (κ3) is 5.46. The van der Waals surface area contributed by atoms with Crippen LogP contribution < -0.4 is 19.8 Å². The average Bonchev–Trinajstić information content (AvgIpc) is 2.72. The maximum absolute atomic E-state index is 13.4. The normalized spacial score (nSPS) is 15.9. The summed E-state index contributed by atoms with van der Waals surface area (Å²) in [5.41, 5.74) is 0.807. The molecule has 0 saturated heterocycles. The Bertz CT molecular complexity index is 1170. The zero-order valence-electron chi connectivity index (χ0n) is 16.9. The number of amides is 2. The number of nitrogens with zero attached hydrogens (tertiary/aromatic N) is 1. The van der Waals surface area contributed by atoms with Crippen LogP contribution in [0.4, 0.5) is 29.3 Å². The van der Waals surface area contributed by atoms with Crippen molar-refractivity contribution in [2.45, 2.75) is 23.6 Å². The molecule has 1 aliphatic rings. The van der Waals surface area contributed by atoms with Crippen LogP contribution in [0.25, 0.3) is 0 Å². The minimum Gasteiger partial charge on any atom is -0.486 e. The predicted octanol–water partition coefficient (Wildman–Crippen LogP) is 2.82. The van der Waals surface area contributed by atoms with Crippen LogP contribution in [0.15, 0.2) is 47.4 Å². The number of hydroxylamine groups is 1. The van der Waals surface area contributed by atoms with Gasteiger partial charge in [-0.05, 0) is 36.4 Å². The first-order valence-electron chi connectivity index (χ1n) is 9.24. The number of benzene rings is 2. The fourth-order valence-corrected chi connectivity index (χ4v) is 4.71. The Morgan fingerprint density at radius 3 is 2.61 bits per heavy atom. The highest BCUT2D eigenvalue weighted by Gasteiger charge is 2.37. The number of anilines is 2. The summed E-state index contributed by atoms with van der Waals surface area (Å²) < 4.78 is 72.6. The predicted molar refractivity (Wildman–Crippen MR) is 108 cm³/mol. The molecular weight excluding hydrogens is 471 g/mol. The first-order chi connectivity index (χ1) is 15.4. The molecule has 1 atom stereocenters. The van der Waals surface area contributed by atoms with Crippen molar-refractivity contribution in [3.05, 3.63) is 48.0 Å². The highest BCUT2D eigenvalue weighted by molar-refractivity contribution is 7.92. The van der Waals surface area contributed by atoms with Gasteiger partial charge in [0, 0.05) is 5.69 Å². The molecule has 33 heavy (non-hydrogen) atoms. The molecule has 0 radical (unpaired) electrons. The Kier molecular flexibility index (Phi) is 6.69. The number of carbonyl (C=O) groups excluding carboxylic acids is 1. The second-order valence-corrected chi connectivity index (χ2v) is 8.71. The van der Waals surface area contributed by atoms with Gasteiger partial charge in [0.25, 0.3) is 10.0 Å². The molecule has 3 rings (SSSR count). The van der Waals surface area contributed by atoms with Gasteiger partial charge in [-0.3, -0.25) is 19.3 Å². The summed E-state index contributed by atoms with van der Waals surface area (Å²) in [6.45, 7) is -0.431. The molecular formula is C19H18F3N3O7S. The molecule has 2 aromatic rings. The van der Waals surface area contributed by atoms with Crippen molar-refractivity contribution in [2.75, 3.05) is 23.3 Å². The molecule has 14 heteroatoms. The molecule has 0 bridgehead atoms. The van der Waals surface area contributed by atoms with E-state index in [0.717, 1.165) is 22.5 Å². The van der Waals surface area contributed by atoms with Crippen LogP contribution in [0.1, 0.15) is 12.0 Å². The molecule has 0 fully saturated rings. The van der Waals surface area contributed by atoms with Crippen LogP contribution in [0.2, 0.25) is 0 Å². The quantitative estimate of drug-likeness (QED) is 0.531. The highest BCUT2D eigenvalue weighted by atomic mass is 32.2. The Balaban J connectivity index is 2.07. The first-order valence-corrected chi connectivity index (χ1v) is 10.7. The van der Waals surface area contributed by atoms with Gasteiger partial charge in [0.05, 0.1) is 36.2 Å². The van der Waals surface area contributed by atoms with Gasteiger partial charge < -0.3 is 9.84 Å². The van der Waals surface area contributed by atoms with Gasteiger partial charge >= 0.3 is 12.3 Å². The van der Waals surface area contributed by atoms with Crippen molar-refractivity contribution in [2.24, 2.45) is 0 Å². The number of halogens is 3. The van der Waals surface area contributed by atoms with Gasteiger partial charge in [-0.25, -0.2) is 18.7 Å². The summed E-state index contributed by atoms with van der Waals surface area (Å²) in [6.07, 6.45) is -7.51. The van der Waals surface area contributed by atoms with Crippen molar-refractivity contribution >= 4 is 33.4 Å². The minimum atomic E-state index is -4.77. The summed E-state index contributed by atoms with van der Waals surface area (Å²) >= 11 is 0. The molecule has 0 spiro atoms. The lowest BCUT2D eigenvalue weighted by Gasteiger charge is -2.35. The molecule has 10 nitrogen and oxygen atoms in total. The smallest absolute Gasteiger partial charge is 0.416 e. The van der Waals surface area contributed by atoms with E-state index in [-0.39, 0.29) is 23.5 Å². The highest BCUT2D eigenvalue weighted by Crippen LogP contribution is 2.40. The van der Waals surface area contributed by atoms with Crippen molar-refractivity contribution in [1.29, 1.82) is 0 Å². The number of ether oxygens (including phenoxy) is 1. The standard InChI is InChI=1S/C19H18F3N3O7S/c1-31-24-17(26)9-13-10-25(15-8-12(23-18(27)28)5-6-16(15)32-13)33(29,30)14-4-2-3-11(7-14)19(20,21)22/h2-8,13,23H,9-10H2,1H3,(H,24,26)(H,27,28)/t13-/m0/s1. The van der Waals surface area contributed by atoms with E-state index < -0.39 is 51.3 Å². The molecule has 2 aromatic carbocycles. The second-order valence-electron chi connectivity index (χ2n) is 6.85. The number of hydrogen-bond acceptors (Lipinski definition) is 6. The molecule has 3 N–H and O–H groups in total. The third-order valence-corrected chi connectivity index (χ3v) is 6.30.